The summed E-state index contributed by atoms with van der Waals surface area (Å²) in [7, 11) is 0. The molecule has 4 heteroatoms. The van der Waals surface area contributed by atoms with Gasteiger partial charge in [-0.05, 0) is 53.9 Å². The Morgan fingerprint density at radius 1 is 1.26 bits per heavy atom. The number of carbonyl (C=O) groups is 1. The van der Waals surface area contributed by atoms with E-state index in [1.165, 1.54) is 0 Å². The number of hydrogen-bond donors (Lipinski definition) is 1. The van der Waals surface area contributed by atoms with E-state index in [0.29, 0.717) is 6.61 Å². The Labute approximate surface area is 117 Å². The van der Waals surface area contributed by atoms with Gasteiger partial charge in [0.2, 0.25) is 6.41 Å². The Morgan fingerprint density at radius 3 is 2.16 bits per heavy atom. The molecule has 1 amide bonds. The van der Waals surface area contributed by atoms with Crippen LogP contribution in [0.3, 0.4) is 0 Å². The van der Waals surface area contributed by atoms with Crippen molar-refractivity contribution < 1.29 is 9.53 Å². The molecule has 1 fully saturated rings. The molecular formula is C15H30N2O2. The maximum absolute atomic E-state index is 11.5. The summed E-state index contributed by atoms with van der Waals surface area (Å²) in [6, 6.07) is 0.236. The zero-order chi connectivity index (χ0) is 14.7. The van der Waals surface area contributed by atoms with Crippen molar-refractivity contribution in [1.29, 1.82) is 0 Å². The molecular weight excluding hydrogens is 240 g/mol. The van der Waals surface area contributed by atoms with E-state index in [-0.39, 0.29) is 23.3 Å². The van der Waals surface area contributed by atoms with Gasteiger partial charge in [0, 0.05) is 23.7 Å². The number of hydrogen-bond acceptors (Lipinski definition) is 3. The van der Waals surface area contributed by atoms with Gasteiger partial charge in [0.05, 0.1) is 0 Å². The molecule has 0 aromatic rings. The van der Waals surface area contributed by atoms with Crippen molar-refractivity contribution in [2.75, 3.05) is 6.61 Å². The first kappa shape index (κ1) is 16.4. The summed E-state index contributed by atoms with van der Waals surface area (Å²) in [5, 5.41) is 3.65. The highest BCUT2D eigenvalue weighted by molar-refractivity contribution is 5.48. The minimum absolute atomic E-state index is 0.0399. The van der Waals surface area contributed by atoms with Crippen LogP contribution in [0.25, 0.3) is 0 Å². The molecule has 1 heterocycles. The average molecular weight is 270 g/mol. The Balaban J connectivity index is 2.87. The lowest BCUT2D eigenvalue weighted by molar-refractivity contribution is -0.142. The summed E-state index contributed by atoms with van der Waals surface area (Å²) in [6.07, 6.45) is 3.61. The fourth-order valence-corrected chi connectivity index (χ4v) is 3.48. The van der Waals surface area contributed by atoms with Crippen LogP contribution in [0, 0.1) is 0 Å². The molecule has 112 valence electrons. The van der Waals surface area contributed by atoms with Crippen LogP contribution in [0.5, 0.6) is 0 Å². The molecule has 1 rings (SSSR count). The van der Waals surface area contributed by atoms with E-state index in [4.69, 9.17) is 4.74 Å². The molecule has 0 aliphatic carbocycles. The van der Waals surface area contributed by atoms with Crippen LogP contribution < -0.4 is 5.32 Å². The summed E-state index contributed by atoms with van der Waals surface area (Å²) < 4.78 is 5.71. The largest absolute Gasteiger partial charge is 0.359 e. The van der Waals surface area contributed by atoms with Gasteiger partial charge in [0.15, 0.2) is 0 Å². The van der Waals surface area contributed by atoms with E-state index < -0.39 is 0 Å². The van der Waals surface area contributed by atoms with Crippen LogP contribution in [0.1, 0.15) is 60.8 Å². The van der Waals surface area contributed by atoms with Crippen LogP contribution in [-0.4, -0.2) is 41.3 Å². The van der Waals surface area contributed by atoms with Gasteiger partial charge in [-0.15, -0.1) is 0 Å². The predicted molar refractivity (Wildman–Crippen MR) is 77.9 cm³/mol. The van der Waals surface area contributed by atoms with Crippen LogP contribution in [0.4, 0.5) is 0 Å². The molecule has 1 N–H and O–H groups in total. The van der Waals surface area contributed by atoms with Crippen LogP contribution in [0.15, 0.2) is 0 Å². The van der Waals surface area contributed by atoms with Crippen molar-refractivity contribution in [2.45, 2.75) is 84.2 Å². The summed E-state index contributed by atoms with van der Waals surface area (Å²) in [5.74, 6) is 0. The van der Waals surface area contributed by atoms with E-state index in [9.17, 15) is 4.79 Å². The van der Waals surface area contributed by atoms with Gasteiger partial charge in [0.1, 0.15) is 6.23 Å². The summed E-state index contributed by atoms with van der Waals surface area (Å²) >= 11 is 0. The van der Waals surface area contributed by atoms with Gasteiger partial charge in [-0.2, -0.15) is 0 Å². The minimum atomic E-state index is -0.0998. The highest BCUT2D eigenvalue weighted by atomic mass is 16.5. The highest BCUT2D eigenvalue weighted by Crippen LogP contribution is 2.32. The molecule has 4 nitrogen and oxygen atoms in total. The van der Waals surface area contributed by atoms with E-state index in [0.717, 1.165) is 25.7 Å². The Kier molecular flexibility index (Phi) is 5.39. The Hall–Kier alpha value is -0.610. The van der Waals surface area contributed by atoms with Crippen molar-refractivity contribution in [1.82, 2.24) is 10.2 Å². The molecule has 1 aliphatic rings. The monoisotopic (exact) mass is 270 g/mol. The van der Waals surface area contributed by atoms with Gasteiger partial charge < -0.3 is 15.0 Å². The second kappa shape index (κ2) is 6.23. The van der Waals surface area contributed by atoms with Crippen molar-refractivity contribution in [3.8, 4) is 0 Å². The summed E-state index contributed by atoms with van der Waals surface area (Å²) in [4.78, 5) is 13.4. The van der Waals surface area contributed by atoms with Crippen molar-refractivity contribution in [2.24, 2.45) is 0 Å². The molecule has 1 aliphatic heterocycles. The number of nitrogens with zero attached hydrogens (tertiary/aromatic N) is 1. The molecule has 19 heavy (non-hydrogen) atoms. The third-order valence-electron chi connectivity index (χ3n) is 3.75. The minimum Gasteiger partial charge on any atom is -0.359 e. The summed E-state index contributed by atoms with van der Waals surface area (Å²) in [5.41, 5.74) is 0.0797. The summed E-state index contributed by atoms with van der Waals surface area (Å²) in [6.45, 7) is 13.5. The van der Waals surface area contributed by atoms with Gasteiger partial charge in [0.25, 0.3) is 0 Å². The van der Waals surface area contributed by atoms with Crippen molar-refractivity contribution in [3.63, 3.8) is 0 Å². The molecule has 0 spiro atoms. The third kappa shape index (κ3) is 4.46. The van der Waals surface area contributed by atoms with Crippen molar-refractivity contribution in [3.05, 3.63) is 0 Å². The van der Waals surface area contributed by atoms with E-state index >= 15 is 0 Å². The van der Waals surface area contributed by atoms with Crippen LogP contribution in [-0.2, 0) is 9.53 Å². The maximum atomic E-state index is 11.5. The molecule has 0 aromatic carbocycles. The highest BCUT2D eigenvalue weighted by Gasteiger charge is 2.41. The number of nitrogens with one attached hydrogen (secondary N) is 1. The standard InChI is InChI=1S/C15H30N2O2/c1-7-13(19-8-2)17(11-18)12-9-14(3,4)16-15(5,6)10-12/h11-13,16H,7-10H2,1-6H3. The molecule has 0 saturated carbocycles. The van der Waals surface area contributed by atoms with Gasteiger partial charge in [-0.1, -0.05) is 6.92 Å². The topological polar surface area (TPSA) is 41.6 Å². The van der Waals surface area contributed by atoms with Gasteiger partial charge in [-0.25, -0.2) is 0 Å². The third-order valence-corrected chi connectivity index (χ3v) is 3.75. The lowest BCUT2D eigenvalue weighted by atomic mass is 9.79. The average Bonchev–Trinajstić information content (AvgIpc) is 2.24. The maximum Gasteiger partial charge on any atom is 0.211 e. The number of rotatable bonds is 6. The number of carbonyl (C=O) groups excluding carboxylic acids is 1. The smallest absolute Gasteiger partial charge is 0.211 e. The SMILES string of the molecule is CCOC(CC)N(C=O)C1CC(C)(C)NC(C)(C)C1. The van der Waals surface area contributed by atoms with Gasteiger partial charge in [-0.3, -0.25) is 4.79 Å². The second-order valence-corrected chi connectivity index (χ2v) is 6.83. The first-order valence-corrected chi connectivity index (χ1v) is 7.38. The molecule has 0 bridgehead atoms. The zero-order valence-electron chi connectivity index (χ0n) is 13.3. The van der Waals surface area contributed by atoms with E-state index in [1.54, 1.807) is 0 Å². The fraction of sp³-hybridized carbons (Fsp3) is 0.933. The van der Waals surface area contributed by atoms with E-state index in [1.807, 2.05) is 11.8 Å². The predicted octanol–water partition coefficient (Wildman–Crippen LogP) is 2.53. The second-order valence-electron chi connectivity index (χ2n) is 6.83. The number of ether oxygens (including phenoxy) is 1. The molecule has 1 saturated heterocycles. The van der Waals surface area contributed by atoms with E-state index in [2.05, 4.69) is 39.9 Å². The number of piperidine rings is 1. The quantitative estimate of drug-likeness (QED) is 0.595. The van der Waals surface area contributed by atoms with Gasteiger partial charge >= 0.3 is 0 Å². The van der Waals surface area contributed by atoms with Crippen LogP contribution >= 0.6 is 0 Å². The van der Waals surface area contributed by atoms with Crippen molar-refractivity contribution >= 4 is 6.41 Å². The normalized spacial score (nSPS) is 23.9. The molecule has 1 unspecified atom stereocenters. The Morgan fingerprint density at radius 2 is 1.79 bits per heavy atom. The lowest BCUT2D eigenvalue weighted by Gasteiger charge is -2.50. The molecule has 0 aromatic heterocycles. The zero-order valence-corrected chi connectivity index (χ0v) is 13.3. The first-order chi connectivity index (χ1) is 8.74. The molecule has 0 radical (unpaired) electrons. The molecule has 1 atom stereocenters. The number of amides is 1. The fourth-order valence-electron chi connectivity index (χ4n) is 3.48. The first-order valence-electron chi connectivity index (χ1n) is 7.38. The van der Waals surface area contributed by atoms with Crippen LogP contribution in [0.2, 0.25) is 0 Å². The Bertz CT molecular complexity index is 287. The lowest BCUT2D eigenvalue weighted by Crippen LogP contribution is -2.63.